The second kappa shape index (κ2) is 5.89. The van der Waals surface area contributed by atoms with Crippen LogP contribution >= 0.6 is 11.3 Å². The first kappa shape index (κ1) is 13.5. The summed E-state index contributed by atoms with van der Waals surface area (Å²) < 4.78 is 0. The molecule has 5 heteroatoms. The number of aryl methyl sites for hydroxylation is 1. The summed E-state index contributed by atoms with van der Waals surface area (Å²) in [6.07, 6.45) is 5.45. The van der Waals surface area contributed by atoms with Gasteiger partial charge >= 0.3 is 0 Å². The van der Waals surface area contributed by atoms with Crippen LogP contribution in [-0.2, 0) is 0 Å². The molecular formula is C15H20N4S. The summed E-state index contributed by atoms with van der Waals surface area (Å²) in [6, 6.07) is 6.62. The van der Waals surface area contributed by atoms with E-state index in [4.69, 9.17) is 10.7 Å². The van der Waals surface area contributed by atoms with Gasteiger partial charge in [-0.05, 0) is 44.4 Å². The molecule has 1 saturated heterocycles. The van der Waals surface area contributed by atoms with Crippen molar-refractivity contribution in [1.82, 2.24) is 9.97 Å². The average molecular weight is 288 g/mol. The number of hydrogen-bond donors (Lipinski definition) is 1. The van der Waals surface area contributed by atoms with E-state index in [1.807, 2.05) is 12.3 Å². The van der Waals surface area contributed by atoms with Crippen molar-refractivity contribution >= 4 is 17.3 Å². The highest BCUT2D eigenvalue weighted by molar-refractivity contribution is 7.15. The van der Waals surface area contributed by atoms with E-state index in [2.05, 4.69) is 28.9 Å². The lowest BCUT2D eigenvalue weighted by Crippen LogP contribution is -2.45. The number of piperidine rings is 1. The molecular weight excluding hydrogens is 268 g/mol. The minimum absolute atomic E-state index is 0.379. The van der Waals surface area contributed by atoms with Crippen molar-refractivity contribution in [2.45, 2.75) is 32.2 Å². The summed E-state index contributed by atoms with van der Waals surface area (Å²) in [7, 11) is 0. The molecule has 106 valence electrons. The lowest BCUT2D eigenvalue weighted by atomic mass is 10.0. The van der Waals surface area contributed by atoms with Crippen LogP contribution < -0.4 is 10.6 Å². The fraction of sp³-hybridized carbons (Fsp3) is 0.467. The molecule has 3 rings (SSSR count). The number of hydrogen-bond acceptors (Lipinski definition) is 5. The van der Waals surface area contributed by atoms with Gasteiger partial charge in [-0.3, -0.25) is 0 Å². The predicted molar refractivity (Wildman–Crippen MR) is 84.1 cm³/mol. The number of anilines is 1. The normalized spacial score (nSPS) is 19.3. The molecule has 2 aromatic rings. The van der Waals surface area contributed by atoms with Crippen molar-refractivity contribution < 1.29 is 0 Å². The molecule has 1 fully saturated rings. The maximum Gasteiger partial charge on any atom is 0.226 e. The topological polar surface area (TPSA) is 55.0 Å². The molecule has 1 aliphatic heterocycles. The van der Waals surface area contributed by atoms with Crippen molar-refractivity contribution in [3.63, 3.8) is 0 Å². The molecule has 2 N–H and O–H groups in total. The van der Waals surface area contributed by atoms with Gasteiger partial charge in [-0.25, -0.2) is 9.97 Å². The molecule has 20 heavy (non-hydrogen) atoms. The van der Waals surface area contributed by atoms with Crippen LogP contribution in [0, 0.1) is 6.92 Å². The van der Waals surface area contributed by atoms with Gasteiger partial charge in [-0.2, -0.15) is 0 Å². The van der Waals surface area contributed by atoms with Gasteiger partial charge in [0.05, 0.1) is 10.6 Å². The number of nitrogens with zero attached hydrogens (tertiary/aromatic N) is 3. The van der Waals surface area contributed by atoms with Gasteiger partial charge in [0.15, 0.2) is 0 Å². The van der Waals surface area contributed by atoms with Crippen molar-refractivity contribution in [3.8, 4) is 10.6 Å². The van der Waals surface area contributed by atoms with Crippen LogP contribution in [-0.4, -0.2) is 29.1 Å². The van der Waals surface area contributed by atoms with Crippen molar-refractivity contribution in [2.75, 3.05) is 18.0 Å². The highest BCUT2D eigenvalue weighted by Gasteiger charge is 2.23. The largest absolute Gasteiger partial charge is 0.337 e. The summed E-state index contributed by atoms with van der Waals surface area (Å²) in [5.74, 6) is 0.823. The van der Waals surface area contributed by atoms with E-state index in [1.54, 1.807) is 11.3 Å². The maximum absolute atomic E-state index is 5.89. The first-order valence-corrected chi connectivity index (χ1v) is 7.96. The molecule has 1 aliphatic rings. The molecule has 0 saturated carbocycles. The van der Waals surface area contributed by atoms with Gasteiger partial charge in [-0.1, -0.05) is 0 Å². The van der Waals surface area contributed by atoms with E-state index in [0.717, 1.165) is 24.6 Å². The number of nitrogens with two attached hydrogens (primary N) is 1. The lowest BCUT2D eigenvalue weighted by Gasteiger charge is -2.35. The van der Waals surface area contributed by atoms with Crippen molar-refractivity contribution in [2.24, 2.45) is 5.73 Å². The summed E-state index contributed by atoms with van der Waals surface area (Å²) >= 11 is 1.77. The van der Waals surface area contributed by atoms with Gasteiger partial charge in [0.2, 0.25) is 5.95 Å². The summed E-state index contributed by atoms with van der Waals surface area (Å²) in [4.78, 5) is 14.0. The van der Waals surface area contributed by atoms with Gasteiger partial charge in [0, 0.05) is 30.2 Å². The highest BCUT2D eigenvalue weighted by atomic mass is 32.1. The molecule has 0 aromatic carbocycles. The van der Waals surface area contributed by atoms with Crippen molar-refractivity contribution in [3.05, 3.63) is 29.3 Å². The summed E-state index contributed by atoms with van der Waals surface area (Å²) in [5.41, 5.74) is 6.90. The average Bonchev–Trinajstić information content (AvgIpc) is 2.94. The molecule has 0 bridgehead atoms. The Labute approximate surface area is 123 Å². The molecule has 4 nitrogen and oxygen atoms in total. The van der Waals surface area contributed by atoms with Gasteiger partial charge in [-0.15, -0.1) is 11.3 Å². The molecule has 1 atom stereocenters. The first-order chi connectivity index (χ1) is 9.78. The molecule has 1 unspecified atom stereocenters. The standard InChI is InChI=1S/C15H20N4S/c1-11-5-6-14(20-11)13-7-8-17-15(18-13)19-9-3-2-4-12(19)10-16/h5-8,12H,2-4,9-10,16H2,1H3. The fourth-order valence-electron chi connectivity index (χ4n) is 2.71. The van der Waals surface area contributed by atoms with Crippen LogP contribution in [0.2, 0.25) is 0 Å². The predicted octanol–water partition coefficient (Wildman–Crippen LogP) is 2.83. The first-order valence-electron chi connectivity index (χ1n) is 7.14. The quantitative estimate of drug-likeness (QED) is 0.943. The Morgan fingerprint density at radius 1 is 1.35 bits per heavy atom. The van der Waals surface area contributed by atoms with Crippen LogP contribution in [0.15, 0.2) is 24.4 Å². The van der Waals surface area contributed by atoms with Crippen molar-refractivity contribution in [1.29, 1.82) is 0 Å². The van der Waals surface area contributed by atoms with Gasteiger partial charge in [0.25, 0.3) is 0 Å². The third kappa shape index (κ3) is 2.69. The number of thiophene rings is 1. The van der Waals surface area contributed by atoms with E-state index < -0.39 is 0 Å². The molecule has 0 aliphatic carbocycles. The zero-order valence-electron chi connectivity index (χ0n) is 11.7. The molecule has 0 spiro atoms. The van der Waals surface area contributed by atoms with Crippen LogP contribution in [0.3, 0.4) is 0 Å². The minimum Gasteiger partial charge on any atom is -0.337 e. The maximum atomic E-state index is 5.89. The van der Waals surface area contributed by atoms with Crippen LogP contribution in [0.4, 0.5) is 5.95 Å². The SMILES string of the molecule is Cc1ccc(-c2ccnc(N3CCCCC3CN)n2)s1. The lowest BCUT2D eigenvalue weighted by molar-refractivity contribution is 0.458. The Morgan fingerprint density at radius 3 is 3.00 bits per heavy atom. The van der Waals surface area contributed by atoms with E-state index in [9.17, 15) is 0 Å². The third-order valence-corrected chi connectivity index (χ3v) is 4.81. The van der Waals surface area contributed by atoms with Crippen LogP contribution in [0.1, 0.15) is 24.1 Å². The Bertz CT molecular complexity index is 581. The smallest absolute Gasteiger partial charge is 0.226 e. The monoisotopic (exact) mass is 288 g/mol. The zero-order valence-corrected chi connectivity index (χ0v) is 12.6. The number of rotatable bonds is 3. The second-order valence-corrected chi connectivity index (χ2v) is 6.52. The molecule has 2 aromatic heterocycles. The third-order valence-electron chi connectivity index (χ3n) is 3.79. The molecule has 3 heterocycles. The Kier molecular flexibility index (Phi) is 3.98. The van der Waals surface area contributed by atoms with E-state index in [0.29, 0.717) is 12.6 Å². The van der Waals surface area contributed by atoms with E-state index in [1.165, 1.54) is 22.6 Å². The van der Waals surface area contributed by atoms with Crippen LogP contribution in [0.25, 0.3) is 10.6 Å². The second-order valence-electron chi connectivity index (χ2n) is 5.23. The van der Waals surface area contributed by atoms with Crippen LogP contribution in [0.5, 0.6) is 0 Å². The number of aromatic nitrogens is 2. The minimum atomic E-state index is 0.379. The molecule has 0 amide bonds. The van der Waals surface area contributed by atoms with Gasteiger partial charge < -0.3 is 10.6 Å². The highest BCUT2D eigenvalue weighted by Crippen LogP contribution is 2.28. The summed E-state index contributed by atoms with van der Waals surface area (Å²) in [5, 5.41) is 0. The zero-order chi connectivity index (χ0) is 13.9. The Hall–Kier alpha value is -1.46. The Morgan fingerprint density at radius 2 is 2.25 bits per heavy atom. The fourth-order valence-corrected chi connectivity index (χ4v) is 3.54. The van der Waals surface area contributed by atoms with Gasteiger partial charge in [0.1, 0.15) is 0 Å². The summed E-state index contributed by atoms with van der Waals surface area (Å²) in [6.45, 7) is 3.80. The van der Waals surface area contributed by atoms with E-state index in [-0.39, 0.29) is 0 Å². The molecule has 0 radical (unpaired) electrons. The van der Waals surface area contributed by atoms with E-state index >= 15 is 0 Å². The Balaban J connectivity index is 1.90.